The second-order valence-corrected chi connectivity index (χ2v) is 7.30. The molecule has 0 aliphatic heterocycles. The molecule has 1 N–H and O–H groups in total. The summed E-state index contributed by atoms with van der Waals surface area (Å²) in [6.45, 7) is 10.1. The Balaban J connectivity index is 2.21. The first kappa shape index (κ1) is 20.2. The standard InChI is InChI=1S/C25H27ClN2/c1-5-27-23-13-11-19(15-17(23)3)25(21-9-7-8-10-22(21)26)20-12-14-24(28-6-2)18(4)16-20/h7-16,27H,5-6H2,1-4H3/b25-20+,28-24+. The Bertz CT molecular complexity index is 993. The molecule has 2 aromatic rings. The molecule has 144 valence electrons. The first-order valence-corrected chi connectivity index (χ1v) is 10.2. The number of anilines is 1. The van der Waals surface area contributed by atoms with E-state index in [0.29, 0.717) is 0 Å². The number of nitrogens with zero attached hydrogens (tertiary/aromatic N) is 1. The topological polar surface area (TPSA) is 24.4 Å². The van der Waals surface area contributed by atoms with Crippen molar-refractivity contribution in [2.24, 2.45) is 4.99 Å². The molecule has 3 rings (SSSR count). The fourth-order valence-electron chi connectivity index (χ4n) is 3.51. The number of nitrogens with one attached hydrogen (secondary N) is 1. The number of halogens is 1. The number of aryl methyl sites for hydroxylation is 1. The van der Waals surface area contributed by atoms with Crippen LogP contribution in [0.2, 0.25) is 5.02 Å². The maximum atomic E-state index is 6.61. The molecule has 0 aromatic heterocycles. The molecule has 0 bridgehead atoms. The average molecular weight is 391 g/mol. The van der Waals surface area contributed by atoms with Crippen molar-refractivity contribution in [1.82, 2.24) is 0 Å². The van der Waals surface area contributed by atoms with Crippen molar-refractivity contribution in [3.05, 3.63) is 93.6 Å². The summed E-state index contributed by atoms with van der Waals surface area (Å²) < 4.78 is 0. The lowest BCUT2D eigenvalue weighted by Gasteiger charge is -2.18. The highest BCUT2D eigenvalue weighted by atomic mass is 35.5. The molecule has 0 amide bonds. The first-order valence-electron chi connectivity index (χ1n) is 9.80. The second-order valence-electron chi connectivity index (χ2n) is 6.89. The molecule has 0 spiro atoms. The van der Waals surface area contributed by atoms with Gasteiger partial charge in [-0.25, -0.2) is 0 Å². The van der Waals surface area contributed by atoms with E-state index in [0.717, 1.165) is 51.8 Å². The Kier molecular flexibility index (Phi) is 6.53. The van der Waals surface area contributed by atoms with E-state index >= 15 is 0 Å². The maximum absolute atomic E-state index is 6.61. The Morgan fingerprint density at radius 1 is 1.04 bits per heavy atom. The minimum Gasteiger partial charge on any atom is -0.385 e. The zero-order chi connectivity index (χ0) is 20.1. The average Bonchev–Trinajstić information content (AvgIpc) is 2.68. The van der Waals surface area contributed by atoms with Crippen molar-refractivity contribution in [2.45, 2.75) is 27.7 Å². The predicted molar refractivity (Wildman–Crippen MR) is 124 cm³/mol. The molecule has 28 heavy (non-hydrogen) atoms. The quantitative estimate of drug-likeness (QED) is 0.592. The third kappa shape index (κ3) is 4.28. The van der Waals surface area contributed by atoms with E-state index in [9.17, 15) is 0 Å². The number of benzene rings is 2. The van der Waals surface area contributed by atoms with Gasteiger partial charge in [-0.1, -0.05) is 41.9 Å². The Morgan fingerprint density at radius 2 is 1.82 bits per heavy atom. The van der Waals surface area contributed by atoms with Crippen LogP contribution in [-0.2, 0) is 0 Å². The van der Waals surface area contributed by atoms with Crippen molar-refractivity contribution in [3.63, 3.8) is 0 Å². The van der Waals surface area contributed by atoms with Gasteiger partial charge in [0.1, 0.15) is 0 Å². The highest BCUT2D eigenvalue weighted by molar-refractivity contribution is 6.32. The van der Waals surface area contributed by atoms with Crippen molar-refractivity contribution < 1.29 is 0 Å². The zero-order valence-electron chi connectivity index (χ0n) is 17.0. The fraction of sp³-hybridized carbons (Fsp3) is 0.240. The molecule has 2 aromatic carbocycles. The van der Waals surface area contributed by atoms with Crippen LogP contribution in [-0.4, -0.2) is 18.8 Å². The van der Waals surface area contributed by atoms with Gasteiger partial charge in [0.25, 0.3) is 0 Å². The molecule has 1 aliphatic rings. The monoisotopic (exact) mass is 390 g/mol. The van der Waals surface area contributed by atoms with Crippen LogP contribution in [0.1, 0.15) is 37.5 Å². The molecule has 0 unspecified atom stereocenters. The summed E-state index contributed by atoms with van der Waals surface area (Å²) >= 11 is 6.61. The summed E-state index contributed by atoms with van der Waals surface area (Å²) in [5.41, 5.74) is 9.09. The summed E-state index contributed by atoms with van der Waals surface area (Å²) in [6, 6.07) is 14.6. The molecule has 0 saturated carbocycles. The van der Waals surface area contributed by atoms with Crippen LogP contribution >= 0.6 is 11.6 Å². The normalized spacial score (nSPS) is 16.9. The number of hydrogen-bond acceptors (Lipinski definition) is 2. The molecule has 0 atom stereocenters. The van der Waals surface area contributed by atoms with Gasteiger partial charge < -0.3 is 5.32 Å². The van der Waals surface area contributed by atoms with Gasteiger partial charge in [-0.3, -0.25) is 4.99 Å². The first-order chi connectivity index (χ1) is 13.5. The van der Waals surface area contributed by atoms with Crippen LogP contribution in [0.25, 0.3) is 5.57 Å². The fourth-order valence-corrected chi connectivity index (χ4v) is 3.74. The van der Waals surface area contributed by atoms with Gasteiger partial charge in [-0.05, 0) is 85.9 Å². The van der Waals surface area contributed by atoms with E-state index in [1.165, 1.54) is 11.1 Å². The minimum atomic E-state index is 0.755. The Hall–Kier alpha value is -2.58. The number of allylic oxidation sites excluding steroid dienone is 5. The van der Waals surface area contributed by atoms with E-state index in [-0.39, 0.29) is 0 Å². The Labute approximate surface area is 173 Å². The molecule has 0 fully saturated rings. The largest absolute Gasteiger partial charge is 0.385 e. The summed E-state index contributed by atoms with van der Waals surface area (Å²) in [5.74, 6) is 0. The van der Waals surface area contributed by atoms with Gasteiger partial charge >= 0.3 is 0 Å². The summed E-state index contributed by atoms with van der Waals surface area (Å²) in [4.78, 5) is 4.57. The summed E-state index contributed by atoms with van der Waals surface area (Å²) in [6.07, 6.45) is 6.46. The van der Waals surface area contributed by atoms with Gasteiger partial charge in [0.05, 0.1) is 5.71 Å². The van der Waals surface area contributed by atoms with Crippen LogP contribution in [0.3, 0.4) is 0 Å². The van der Waals surface area contributed by atoms with Gasteiger partial charge in [-0.2, -0.15) is 0 Å². The molecule has 0 saturated heterocycles. The lowest BCUT2D eigenvalue weighted by molar-refractivity contribution is 1.13. The highest BCUT2D eigenvalue weighted by Gasteiger charge is 2.16. The molecule has 0 radical (unpaired) electrons. The Morgan fingerprint density at radius 3 is 2.46 bits per heavy atom. The van der Waals surface area contributed by atoms with Crippen LogP contribution in [0.5, 0.6) is 0 Å². The number of aliphatic imine (C=N–C) groups is 1. The lowest BCUT2D eigenvalue weighted by atomic mass is 9.88. The van der Waals surface area contributed by atoms with E-state index in [2.05, 4.69) is 80.5 Å². The second kappa shape index (κ2) is 9.07. The van der Waals surface area contributed by atoms with E-state index in [1.54, 1.807) is 0 Å². The third-order valence-corrected chi connectivity index (χ3v) is 5.17. The third-order valence-electron chi connectivity index (χ3n) is 4.84. The van der Waals surface area contributed by atoms with Crippen molar-refractivity contribution in [2.75, 3.05) is 18.4 Å². The molecule has 2 nitrogen and oxygen atoms in total. The zero-order valence-corrected chi connectivity index (χ0v) is 17.8. The van der Waals surface area contributed by atoms with E-state index in [4.69, 9.17) is 11.6 Å². The van der Waals surface area contributed by atoms with Crippen LogP contribution in [0.4, 0.5) is 5.69 Å². The van der Waals surface area contributed by atoms with Crippen LogP contribution in [0.15, 0.2) is 76.8 Å². The van der Waals surface area contributed by atoms with Crippen molar-refractivity contribution in [1.29, 1.82) is 0 Å². The molecule has 3 heteroatoms. The molecular formula is C25H27ClN2. The van der Waals surface area contributed by atoms with Crippen LogP contribution < -0.4 is 5.32 Å². The number of rotatable bonds is 5. The number of hydrogen-bond donors (Lipinski definition) is 1. The van der Waals surface area contributed by atoms with Gasteiger partial charge in [-0.15, -0.1) is 0 Å². The smallest absolute Gasteiger partial charge is 0.0603 e. The predicted octanol–water partition coefficient (Wildman–Crippen LogP) is 6.86. The van der Waals surface area contributed by atoms with Gasteiger partial charge in [0, 0.05) is 29.4 Å². The van der Waals surface area contributed by atoms with E-state index < -0.39 is 0 Å². The van der Waals surface area contributed by atoms with Gasteiger partial charge in [0.2, 0.25) is 0 Å². The van der Waals surface area contributed by atoms with Crippen molar-refractivity contribution in [3.8, 4) is 0 Å². The maximum Gasteiger partial charge on any atom is 0.0603 e. The van der Waals surface area contributed by atoms with E-state index in [1.807, 2.05) is 18.2 Å². The molecule has 0 heterocycles. The SMILES string of the molecule is CC/N=C1C=C/C(=C(/c2ccc(NCC)c(C)c2)c2ccccc2Cl)C=C\1C. The highest BCUT2D eigenvalue weighted by Crippen LogP contribution is 2.35. The minimum absolute atomic E-state index is 0.755. The molecular weight excluding hydrogens is 364 g/mol. The molecule has 1 aliphatic carbocycles. The summed E-state index contributed by atoms with van der Waals surface area (Å²) in [5, 5.41) is 4.17. The van der Waals surface area contributed by atoms with Gasteiger partial charge in [0.15, 0.2) is 0 Å². The lowest BCUT2D eigenvalue weighted by Crippen LogP contribution is -2.04. The van der Waals surface area contributed by atoms with Crippen LogP contribution in [0, 0.1) is 6.92 Å². The van der Waals surface area contributed by atoms with Crippen molar-refractivity contribution >= 4 is 28.6 Å². The summed E-state index contributed by atoms with van der Waals surface area (Å²) in [7, 11) is 0.